The number of hydrogen-bond acceptors (Lipinski definition) is 1. The lowest BCUT2D eigenvalue weighted by Crippen LogP contribution is -2.54. The van der Waals surface area contributed by atoms with E-state index in [0.29, 0.717) is 11.8 Å². The highest BCUT2D eigenvalue weighted by Crippen LogP contribution is 2.73. The molecule has 154 valence electrons. The summed E-state index contributed by atoms with van der Waals surface area (Å²) in [5.74, 6) is 2.90. The summed E-state index contributed by atoms with van der Waals surface area (Å²) in [5, 5.41) is 0.857. The van der Waals surface area contributed by atoms with Gasteiger partial charge in [-0.2, -0.15) is 0 Å². The molecule has 5 rings (SSSR count). The second kappa shape index (κ2) is 5.79. The fourth-order valence-corrected chi connectivity index (χ4v) is 8.62. The highest BCUT2D eigenvalue weighted by Gasteiger charge is 2.71. The first kappa shape index (κ1) is 19.4. The Kier molecular flexibility index (Phi) is 4.02. The molecule has 5 atom stereocenters. The molecule has 5 unspecified atom stereocenters. The summed E-state index contributed by atoms with van der Waals surface area (Å²) in [5.41, 5.74) is 2.72. The summed E-state index contributed by atoms with van der Waals surface area (Å²) in [6.45, 7) is 14.7. The molecular formula is C26H37ClO. The molecule has 2 bridgehead atoms. The van der Waals surface area contributed by atoms with Crippen molar-refractivity contribution in [3.63, 3.8) is 0 Å². The first-order valence-corrected chi connectivity index (χ1v) is 11.9. The summed E-state index contributed by atoms with van der Waals surface area (Å²) < 4.78 is 7.68. The van der Waals surface area contributed by atoms with Crippen molar-refractivity contribution in [3.8, 4) is 0 Å². The van der Waals surface area contributed by atoms with Crippen molar-refractivity contribution >= 4 is 11.6 Å². The minimum absolute atomic E-state index is 0.107. The van der Waals surface area contributed by atoms with Crippen LogP contribution in [-0.4, -0.2) is 0 Å². The van der Waals surface area contributed by atoms with E-state index in [1.54, 1.807) is 0 Å². The Bertz CT molecular complexity index is 789. The zero-order valence-electron chi connectivity index (χ0n) is 18.6. The maximum absolute atomic E-state index is 7.68. The number of fused-ring (bicyclic) bond motifs is 6. The molecule has 1 nitrogen and oxygen atoms in total. The molecule has 1 aromatic rings. The van der Waals surface area contributed by atoms with Gasteiger partial charge in [-0.3, -0.25) is 0 Å². The van der Waals surface area contributed by atoms with Crippen LogP contribution in [0.3, 0.4) is 0 Å². The van der Waals surface area contributed by atoms with Crippen LogP contribution in [-0.2, 0) is 15.9 Å². The maximum Gasteiger partial charge on any atom is 0.105 e. The average Bonchev–Trinajstić information content (AvgIpc) is 3.00. The summed E-state index contributed by atoms with van der Waals surface area (Å²) >= 11 is 6.61. The van der Waals surface area contributed by atoms with Crippen molar-refractivity contribution in [2.75, 3.05) is 0 Å². The van der Waals surface area contributed by atoms with Gasteiger partial charge in [0.1, 0.15) is 11.2 Å². The summed E-state index contributed by atoms with van der Waals surface area (Å²) in [6, 6.07) is 6.73. The third kappa shape index (κ3) is 2.19. The Morgan fingerprint density at radius 1 is 0.893 bits per heavy atom. The smallest absolute Gasteiger partial charge is 0.105 e. The lowest BCUT2D eigenvalue weighted by atomic mass is 9.56. The van der Waals surface area contributed by atoms with Gasteiger partial charge in [0.15, 0.2) is 0 Å². The minimum atomic E-state index is -0.248. The van der Waals surface area contributed by atoms with E-state index in [1.165, 1.54) is 49.7 Å². The van der Waals surface area contributed by atoms with Gasteiger partial charge in [-0.15, -0.1) is 0 Å². The Hall–Kier alpha value is -0.530. The molecule has 0 saturated heterocycles. The molecule has 3 saturated carbocycles. The molecular weight excluding hydrogens is 364 g/mol. The fraction of sp³-hybridized carbons (Fsp3) is 0.769. The summed E-state index contributed by atoms with van der Waals surface area (Å²) in [4.78, 5) is 0. The monoisotopic (exact) mass is 400 g/mol. The van der Waals surface area contributed by atoms with Crippen molar-refractivity contribution in [1.82, 2.24) is 0 Å². The standard InChI is InChI=1S/C26H37ClO/c1-16-11-18-13-17(2)25(19(12-16)14-18)21-8-7-20(27)15-22(21)26(28-25)23(3,4)9-10-24(26,5)6/h7-8,15-19H,9-14H2,1-6H3. The molecule has 0 radical (unpaired) electrons. The van der Waals surface area contributed by atoms with Gasteiger partial charge >= 0.3 is 0 Å². The van der Waals surface area contributed by atoms with Crippen molar-refractivity contribution in [2.24, 2.45) is 34.5 Å². The van der Waals surface area contributed by atoms with Crippen LogP contribution < -0.4 is 0 Å². The van der Waals surface area contributed by atoms with E-state index in [-0.39, 0.29) is 22.0 Å². The number of halogens is 1. The zero-order chi connectivity index (χ0) is 20.1. The number of ether oxygens (including phenoxy) is 1. The van der Waals surface area contributed by atoms with E-state index >= 15 is 0 Å². The third-order valence-electron chi connectivity index (χ3n) is 9.45. The van der Waals surface area contributed by atoms with Crippen molar-refractivity contribution in [3.05, 3.63) is 34.3 Å². The number of rotatable bonds is 0. The predicted molar refractivity (Wildman–Crippen MR) is 116 cm³/mol. The Morgan fingerprint density at radius 3 is 2.25 bits per heavy atom. The van der Waals surface area contributed by atoms with Crippen LogP contribution in [0.1, 0.15) is 91.2 Å². The van der Waals surface area contributed by atoms with Crippen molar-refractivity contribution in [2.45, 2.75) is 91.3 Å². The topological polar surface area (TPSA) is 9.23 Å². The first-order valence-electron chi connectivity index (χ1n) is 11.5. The molecule has 3 aliphatic carbocycles. The second-order valence-corrected chi connectivity index (χ2v) is 12.5. The normalized spacial score (nSPS) is 42.1. The zero-order valence-corrected chi connectivity index (χ0v) is 19.3. The van der Waals surface area contributed by atoms with Crippen LogP contribution in [0.25, 0.3) is 0 Å². The molecule has 1 aromatic carbocycles. The van der Waals surface area contributed by atoms with Crippen LogP contribution >= 0.6 is 11.6 Å². The van der Waals surface area contributed by atoms with Gasteiger partial charge in [0, 0.05) is 5.02 Å². The SMILES string of the molecule is CC1CC2CC(C)C3(OC4(c5cc(Cl)ccc53)C(C)(C)CCC4(C)C)C(C1)C2. The molecule has 0 N–H and O–H groups in total. The second-order valence-electron chi connectivity index (χ2n) is 12.0. The van der Waals surface area contributed by atoms with Gasteiger partial charge < -0.3 is 4.74 Å². The highest BCUT2D eigenvalue weighted by atomic mass is 35.5. The van der Waals surface area contributed by atoms with Gasteiger partial charge in [0.2, 0.25) is 0 Å². The molecule has 2 heteroatoms. The molecule has 3 fully saturated rings. The maximum atomic E-state index is 7.68. The lowest BCUT2D eigenvalue weighted by molar-refractivity contribution is -0.274. The van der Waals surface area contributed by atoms with Gasteiger partial charge in [-0.1, -0.05) is 59.2 Å². The van der Waals surface area contributed by atoms with Gasteiger partial charge in [0.25, 0.3) is 0 Å². The van der Waals surface area contributed by atoms with E-state index in [4.69, 9.17) is 16.3 Å². The van der Waals surface area contributed by atoms with Gasteiger partial charge in [0.05, 0.1) is 0 Å². The quantitative estimate of drug-likeness (QED) is 0.433. The number of hydrogen-bond donors (Lipinski definition) is 0. The van der Waals surface area contributed by atoms with Gasteiger partial charge in [-0.25, -0.2) is 0 Å². The highest BCUT2D eigenvalue weighted by molar-refractivity contribution is 6.30. The summed E-state index contributed by atoms with van der Waals surface area (Å²) in [7, 11) is 0. The van der Waals surface area contributed by atoms with Crippen molar-refractivity contribution in [1.29, 1.82) is 0 Å². The molecule has 0 amide bonds. The lowest BCUT2D eigenvalue weighted by Gasteiger charge is -2.56. The predicted octanol–water partition coefficient (Wildman–Crippen LogP) is 7.70. The molecule has 4 aliphatic rings. The number of benzene rings is 1. The Morgan fingerprint density at radius 2 is 1.57 bits per heavy atom. The molecule has 2 spiro atoms. The van der Waals surface area contributed by atoms with Crippen LogP contribution in [0.15, 0.2) is 18.2 Å². The molecule has 0 aromatic heterocycles. The minimum Gasteiger partial charge on any atom is -0.357 e. The van der Waals surface area contributed by atoms with Crippen LogP contribution in [0.4, 0.5) is 0 Å². The van der Waals surface area contributed by atoms with Gasteiger partial charge in [-0.05, 0) is 96.3 Å². The molecule has 1 aliphatic heterocycles. The van der Waals surface area contributed by atoms with E-state index in [2.05, 4.69) is 59.7 Å². The van der Waals surface area contributed by atoms with E-state index < -0.39 is 0 Å². The van der Waals surface area contributed by atoms with E-state index in [1.807, 2.05) is 0 Å². The fourth-order valence-electron chi connectivity index (χ4n) is 8.45. The average molecular weight is 401 g/mol. The summed E-state index contributed by atoms with van der Waals surface area (Å²) in [6.07, 6.45) is 7.78. The van der Waals surface area contributed by atoms with Crippen LogP contribution in [0, 0.1) is 34.5 Å². The van der Waals surface area contributed by atoms with Crippen LogP contribution in [0.2, 0.25) is 5.02 Å². The molecule has 1 heterocycles. The van der Waals surface area contributed by atoms with E-state index in [0.717, 1.165) is 16.9 Å². The van der Waals surface area contributed by atoms with Crippen molar-refractivity contribution < 1.29 is 4.74 Å². The Labute approximate surface area is 176 Å². The molecule has 28 heavy (non-hydrogen) atoms. The first-order chi connectivity index (χ1) is 13.0. The van der Waals surface area contributed by atoms with E-state index in [9.17, 15) is 0 Å². The van der Waals surface area contributed by atoms with Crippen LogP contribution in [0.5, 0.6) is 0 Å². The Balaban J connectivity index is 1.77. The third-order valence-corrected chi connectivity index (χ3v) is 9.69. The largest absolute Gasteiger partial charge is 0.357 e.